The standard InChI is InChI=1S/C19H21N3O5S/c1-14-5-3-8-17(22(24)25)18(14)20-9-11-21(12-10-20)19(23)15-6-4-7-16(13-15)28(2,26)27/h3-8,13H,9-12H2,1-2H3. The number of aryl methyl sites for hydroxylation is 1. The van der Waals surface area contributed by atoms with E-state index in [1.165, 1.54) is 18.2 Å². The van der Waals surface area contributed by atoms with Crippen LogP contribution in [0.15, 0.2) is 47.4 Å². The first-order valence-electron chi connectivity index (χ1n) is 8.77. The number of carbonyl (C=O) groups is 1. The van der Waals surface area contributed by atoms with Crippen molar-refractivity contribution in [3.63, 3.8) is 0 Å². The summed E-state index contributed by atoms with van der Waals surface area (Å²) >= 11 is 0. The summed E-state index contributed by atoms with van der Waals surface area (Å²) in [6, 6.07) is 11.0. The second-order valence-electron chi connectivity index (χ2n) is 6.78. The summed E-state index contributed by atoms with van der Waals surface area (Å²) in [5.41, 5.74) is 1.77. The lowest BCUT2D eigenvalue weighted by molar-refractivity contribution is -0.384. The molecule has 3 rings (SSSR count). The number of para-hydroxylation sites is 1. The minimum atomic E-state index is -3.39. The number of nitrogens with zero attached hydrogens (tertiary/aromatic N) is 3. The number of nitro benzene ring substituents is 1. The molecule has 28 heavy (non-hydrogen) atoms. The maximum Gasteiger partial charge on any atom is 0.292 e. The Morgan fingerprint density at radius 1 is 1.07 bits per heavy atom. The van der Waals surface area contributed by atoms with E-state index in [-0.39, 0.29) is 16.5 Å². The van der Waals surface area contributed by atoms with Gasteiger partial charge in [0.25, 0.3) is 11.6 Å². The van der Waals surface area contributed by atoms with Gasteiger partial charge in [-0.25, -0.2) is 8.42 Å². The Bertz CT molecular complexity index is 1030. The Labute approximate surface area is 163 Å². The van der Waals surface area contributed by atoms with Crippen LogP contribution in [-0.4, -0.2) is 56.6 Å². The number of sulfone groups is 1. The van der Waals surface area contributed by atoms with Crippen molar-refractivity contribution in [1.29, 1.82) is 0 Å². The van der Waals surface area contributed by atoms with Gasteiger partial charge in [-0.3, -0.25) is 14.9 Å². The van der Waals surface area contributed by atoms with Crippen LogP contribution in [0.5, 0.6) is 0 Å². The summed E-state index contributed by atoms with van der Waals surface area (Å²) in [7, 11) is -3.39. The Kier molecular flexibility index (Phi) is 5.37. The van der Waals surface area contributed by atoms with Crippen molar-refractivity contribution in [3.8, 4) is 0 Å². The van der Waals surface area contributed by atoms with E-state index in [9.17, 15) is 23.3 Å². The minimum Gasteiger partial charge on any atom is -0.362 e. The zero-order valence-electron chi connectivity index (χ0n) is 15.7. The topological polar surface area (TPSA) is 101 Å². The molecule has 1 amide bonds. The monoisotopic (exact) mass is 403 g/mol. The Morgan fingerprint density at radius 2 is 1.71 bits per heavy atom. The molecule has 1 saturated heterocycles. The van der Waals surface area contributed by atoms with E-state index in [2.05, 4.69) is 0 Å². The Hall–Kier alpha value is -2.94. The lowest BCUT2D eigenvalue weighted by Gasteiger charge is -2.36. The van der Waals surface area contributed by atoms with Gasteiger partial charge in [-0.15, -0.1) is 0 Å². The van der Waals surface area contributed by atoms with Gasteiger partial charge in [0.1, 0.15) is 5.69 Å². The third-order valence-corrected chi connectivity index (χ3v) is 5.92. The average Bonchev–Trinajstić information content (AvgIpc) is 2.67. The molecule has 2 aromatic carbocycles. The van der Waals surface area contributed by atoms with Crippen LogP contribution in [0.4, 0.5) is 11.4 Å². The van der Waals surface area contributed by atoms with Gasteiger partial charge in [-0.1, -0.05) is 18.2 Å². The molecule has 0 unspecified atom stereocenters. The third kappa shape index (κ3) is 3.99. The quantitative estimate of drug-likeness (QED) is 0.573. The normalized spacial score (nSPS) is 14.8. The van der Waals surface area contributed by atoms with E-state index in [1.54, 1.807) is 23.1 Å². The molecule has 0 aliphatic carbocycles. The predicted octanol–water partition coefficient (Wildman–Crippen LogP) is 2.27. The molecule has 1 heterocycles. The molecule has 0 bridgehead atoms. The van der Waals surface area contributed by atoms with Crippen molar-refractivity contribution in [1.82, 2.24) is 4.90 Å². The highest BCUT2D eigenvalue weighted by atomic mass is 32.2. The van der Waals surface area contributed by atoms with Crippen LogP contribution < -0.4 is 4.90 Å². The fourth-order valence-electron chi connectivity index (χ4n) is 3.38. The summed E-state index contributed by atoms with van der Waals surface area (Å²) in [5.74, 6) is -0.246. The van der Waals surface area contributed by atoms with Gasteiger partial charge in [0.15, 0.2) is 9.84 Å². The molecule has 0 atom stereocenters. The van der Waals surface area contributed by atoms with Gasteiger partial charge in [-0.05, 0) is 30.7 Å². The first kappa shape index (κ1) is 19.8. The van der Waals surface area contributed by atoms with Crippen LogP contribution in [0.1, 0.15) is 15.9 Å². The molecule has 2 aromatic rings. The average molecular weight is 403 g/mol. The maximum absolute atomic E-state index is 12.8. The highest BCUT2D eigenvalue weighted by molar-refractivity contribution is 7.90. The number of benzene rings is 2. The smallest absolute Gasteiger partial charge is 0.292 e. The number of amides is 1. The zero-order valence-corrected chi connectivity index (χ0v) is 16.5. The molecule has 8 nitrogen and oxygen atoms in total. The van der Waals surface area contributed by atoms with E-state index < -0.39 is 14.8 Å². The molecule has 0 saturated carbocycles. The van der Waals surface area contributed by atoms with Crippen LogP contribution in [0.25, 0.3) is 0 Å². The summed E-state index contributed by atoms with van der Waals surface area (Å²) in [5, 5.41) is 11.4. The highest BCUT2D eigenvalue weighted by Crippen LogP contribution is 2.32. The summed E-state index contributed by atoms with van der Waals surface area (Å²) in [6.07, 6.45) is 1.10. The number of hydrogen-bond donors (Lipinski definition) is 0. The number of anilines is 1. The molecule has 9 heteroatoms. The minimum absolute atomic E-state index is 0.0561. The molecule has 0 radical (unpaired) electrons. The summed E-state index contributed by atoms with van der Waals surface area (Å²) in [6.45, 7) is 3.55. The largest absolute Gasteiger partial charge is 0.362 e. The van der Waals surface area contributed by atoms with Gasteiger partial charge in [-0.2, -0.15) is 0 Å². The highest BCUT2D eigenvalue weighted by Gasteiger charge is 2.27. The van der Waals surface area contributed by atoms with Gasteiger partial charge in [0, 0.05) is 44.1 Å². The van der Waals surface area contributed by atoms with Crippen LogP contribution in [0.3, 0.4) is 0 Å². The third-order valence-electron chi connectivity index (χ3n) is 4.81. The zero-order chi connectivity index (χ0) is 20.5. The number of carbonyl (C=O) groups excluding carboxylic acids is 1. The SMILES string of the molecule is Cc1cccc([N+](=O)[O-])c1N1CCN(C(=O)c2cccc(S(C)(=O)=O)c2)CC1. The fraction of sp³-hybridized carbons (Fsp3) is 0.316. The number of nitro groups is 1. The van der Waals surface area contributed by atoms with Crippen LogP contribution in [0, 0.1) is 17.0 Å². The molecule has 0 N–H and O–H groups in total. The molecular weight excluding hydrogens is 382 g/mol. The van der Waals surface area contributed by atoms with Crippen molar-refractivity contribution in [3.05, 3.63) is 63.7 Å². The second kappa shape index (κ2) is 7.59. The van der Waals surface area contributed by atoms with Gasteiger partial charge in [0.2, 0.25) is 0 Å². The number of piperazine rings is 1. The van der Waals surface area contributed by atoms with Crippen molar-refractivity contribution in [2.24, 2.45) is 0 Å². The van der Waals surface area contributed by atoms with Gasteiger partial charge < -0.3 is 9.80 Å². The van der Waals surface area contributed by atoms with E-state index in [0.29, 0.717) is 37.4 Å². The molecule has 1 aliphatic heterocycles. The van der Waals surface area contributed by atoms with E-state index in [4.69, 9.17) is 0 Å². The summed E-state index contributed by atoms with van der Waals surface area (Å²) < 4.78 is 23.4. The maximum atomic E-state index is 12.8. The Balaban J connectivity index is 1.76. The molecule has 1 aliphatic rings. The molecule has 0 aromatic heterocycles. The molecular formula is C19H21N3O5S. The van der Waals surface area contributed by atoms with Gasteiger partial charge in [0.05, 0.1) is 9.82 Å². The first-order valence-corrected chi connectivity index (χ1v) is 10.7. The van der Waals surface area contributed by atoms with Crippen LogP contribution >= 0.6 is 0 Å². The van der Waals surface area contributed by atoms with E-state index >= 15 is 0 Å². The molecule has 148 valence electrons. The van der Waals surface area contributed by atoms with Crippen molar-refractivity contribution in [2.45, 2.75) is 11.8 Å². The van der Waals surface area contributed by atoms with Crippen molar-refractivity contribution in [2.75, 3.05) is 37.3 Å². The fourth-order valence-corrected chi connectivity index (χ4v) is 4.04. The van der Waals surface area contributed by atoms with Crippen molar-refractivity contribution < 1.29 is 18.1 Å². The molecule has 0 spiro atoms. The first-order chi connectivity index (χ1) is 13.2. The summed E-state index contributed by atoms with van der Waals surface area (Å²) in [4.78, 5) is 27.4. The van der Waals surface area contributed by atoms with Gasteiger partial charge >= 0.3 is 0 Å². The van der Waals surface area contributed by atoms with Crippen LogP contribution in [-0.2, 0) is 9.84 Å². The lowest BCUT2D eigenvalue weighted by Crippen LogP contribution is -2.49. The Morgan fingerprint density at radius 3 is 2.32 bits per heavy atom. The van der Waals surface area contributed by atoms with Crippen LogP contribution in [0.2, 0.25) is 0 Å². The van der Waals surface area contributed by atoms with Crippen molar-refractivity contribution >= 4 is 27.1 Å². The lowest BCUT2D eigenvalue weighted by atomic mass is 10.1. The number of hydrogen-bond acceptors (Lipinski definition) is 6. The van der Waals surface area contributed by atoms with E-state index in [0.717, 1.165) is 11.8 Å². The van der Waals surface area contributed by atoms with E-state index in [1.807, 2.05) is 17.9 Å². The predicted molar refractivity (Wildman–Crippen MR) is 106 cm³/mol. The second-order valence-corrected chi connectivity index (χ2v) is 8.79. The number of rotatable bonds is 4. The molecule has 1 fully saturated rings.